The fourth-order valence-electron chi connectivity index (χ4n) is 3.06. The van der Waals surface area contributed by atoms with Crippen LogP contribution < -0.4 is 10.2 Å². The van der Waals surface area contributed by atoms with Crippen molar-refractivity contribution in [1.29, 1.82) is 0 Å². The molecule has 7 nitrogen and oxygen atoms in total. The van der Waals surface area contributed by atoms with Crippen LogP contribution in [0.1, 0.15) is 17.5 Å². The van der Waals surface area contributed by atoms with Crippen molar-refractivity contribution in [3.05, 3.63) is 63.7 Å². The van der Waals surface area contributed by atoms with E-state index in [0.717, 1.165) is 16.8 Å². The van der Waals surface area contributed by atoms with E-state index >= 15 is 0 Å². The number of benzene rings is 2. The first-order valence-corrected chi connectivity index (χ1v) is 8.28. The zero-order chi connectivity index (χ0) is 18.8. The number of carbonyl (C=O) groups excluding carboxylic acids is 2. The van der Waals surface area contributed by atoms with Crippen LogP contribution in [0.3, 0.4) is 0 Å². The summed E-state index contributed by atoms with van der Waals surface area (Å²) >= 11 is 0. The third-order valence-corrected chi connectivity index (χ3v) is 4.42. The molecule has 2 aromatic rings. The number of nitrogens with zero attached hydrogens (tertiary/aromatic N) is 2. The molecular weight excluding hydrogens is 334 g/mol. The molecule has 134 valence electrons. The van der Waals surface area contributed by atoms with E-state index in [2.05, 4.69) is 5.32 Å². The maximum atomic E-state index is 12.6. The Kier molecular flexibility index (Phi) is 4.71. The molecule has 26 heavy (non-hydrogen) atoms. The Morgan fingerprint density at radius 2 is 1.92 bits per heavy atom. The Hall–Kier alpha value is -3.22. The van der Waals surface area contributed by atoms with Gasteiger partial charge in [-0.3, -0.25) is 19.7 Å². The van der Waals surface area contributed by atoms with E-state index in [1.807, 2.05) is 31.2 Å². The van der Waals surface area contributed by atoms with Crippen molar-refractivity contribution in [2.24, 2.45) is 5.92 Å². The number of hydrogen-bond acceptors (Lipinski definition) is 4. The second-order valence-electron chi connectivity index (χ2n) is 6.51. The largest absolute Gasteiger partial charge is 0.320 e. The number of nitrogens with one attached hydrogen (secondary N) is 1. The number of aryl methyl sites for hydroxylation is 2. The molecule has 1 fully saturated rings. The summed E-state index contributed by atoms with van der Waals surface area (Å²) in [6.45, 7) is 3.94. The minimum atomic E-state index is -0.552. The molecule has 3 rings (SSSR count). The topological polar surface area (TPSA) is 92.6 Å². The summed E-state index contributed by atoms with van der Waals surface area (Å²) in [7, 11) is 0. The van der Waals surface area contributed by atoms with Gasteiger partial charge in [-0.25, -0.2) is 0 Å². The summed E-state index contributed by atoms with van der Waals surface area (Å²) in [5.41, 5.74) is 2.51. The Morgan fingerprint density at radius 1 is 1.19 bits per heavy atom. The normalized spacial score (nSPS) is 16.6. The average molecular weight is 353 g/mol. The molecule has 1 N–H and O–H groups in total. The molecule has 2 amide bonds. The van der Waals surface area contributed by atoms with Gasteiger partial charge in [0.2, 0.25) is 11.8 Å². The predicted octanol–water partition coefficient (Wildman–Crippen LogP) is 3.20. The van der Waals surface area contributed by atoms with Crippen LogP contribution in [0.4, 0.5) is 17.1 Å². The molecule has 0 bridgehead atoms. The van der Waals surface area contributed by atoms with Gasteiger partial charge >= 0.3 is 0 Å². The maximum Gasteiger partial charge on any atom is 0.293 e. The van der Waals surface area contributed by atoms with Gasteiger partial charge in [0.05, 0.1) is 10.8 Å². The fraction of sp³-hybridized carbons (Fsp3) is 0.263. The molecule has 1 atom stereocenters. The van der Waals surface area contributed by atoms with Gasteiger partial charge in [-0.2, -0.15) is 0 Å². The Labute approximate surface area is 150 Å². The number of hydrogen-bond donors (Lipinski definition) is 1. The third-order valence-electron chi connectivity index (χ3n) is 4.42. The number of nitro groups is 1. The van der Waals surface area contributed by atoms with Crippen LogP contribution in [0.5, 0.6) is 0 Å². The first-order valence-electron chi connectivity index (χ1n) is 8.28. The lowest BCUT2D eigenvalue weighted by molar-refractivity contribution is -0.384. The van der Waals surface area contributed by atoms with Crippen molar-refractivity contribution in [1.82, 2.24) is 0 Å². The predicted molar refractivity (Wildman–Crippen MR) is 98.1 cm³/mol. The molecule has 0 aromatic heterocycles. The molecule has 1 aliphatic heterocycles. The van der Waals surface area contributed by atoms with E-state index in [0.29, 0.717) is 0 Å². The zero-order valence-corrected chi connectivity index (χ0v) is 14.6. The van der Waals surface area contributed by atoms with E-state index in [1.54, 1.807) is 17.9 Å². The molecule has 1 saturated heterocycles. The van der Waals surface area contributed by atoms with Crippen LogP contribution in [0, 0.1) is 29.9 Å². The summed E-state index contributed by atoms with van der Waals surface area (Å²) in [6.07, 6.45) is 0.0828. The van der Waals surface area contributed by atoms with Crippen LogP contribution in [0.15, 0.2) is 42.5 Å². The molecule has 1 heterocycles. The van der Waals surface area contributed by atoms with E-state index in [-0.39, 0.29) is 36.2 Å². The van der Waals surface area contributed by atoms with Crippen molar-refractivity contribution >= 4 is 28.9 Å². The van der Waals surface area contributed by atoms with Crippen LogP contribution in [-0.2, 0) is 9.59 Å². The highest BCUT2D eigenvalue weighted by atomic mass is 16.6. The van der Waals surface area contributed by atoms with Crippen molar-refractivity contribution < 1.29 is 14.5 Å². The van der Waals surface area contributed by atoms with E-state index in [9.17, 15) is 19.7 Å². The quantitative estimate of drug-likeness (QED) is 0.675. The number of nitro benzene ring substituents is 1. The Morgan fingerprint density at radius 3 is 2.62 bits per heavy atom. The third kappa shape index (κ3) is 3.56. The summed E-state index contributed by atoms with van der Waals surface area (Å²) in [5, 5.41) is 13.8. The molecule has 2 aromatic carbocycles. The van der Waals surface area contributed by atoms with E-state index in [4.69, 9.17) is 0 Å². The Bertz CT molecular complexity index is 894. The first-order chi connectivity index (χ1) is 12.3. The van der Waals surface area contributed by atoms with Crippen molar-refractivity contribution in [2.45, 2.75) is 20.3 Å². The van der Waals surface area contributed by atoms with Gasteiger partial charge < -0.3 is 10.2 Å². The number of rotatable bonds is 4. The van der Waals surface area contributed by atoms with E-state index in [1.165, 1.54) is 12.1 Å². The molecule has 0 unspecified atom stereocenters. The van der Waals surface area contributed by atoms with Crippen molar-refractivity contribution in [3.8, 4) is 0 Å². The van der Waals surface area contributed by atoms with Crippen LogP contribution >= 0.6 is 0 Å². The number of amides is 2. The van der Waals surface area contributed by atoms with Gasteiger partial charge in [-0.15, -0.1) is 0 Å². The highest BCUT2D eigenvalue weighted by Gasteiger charge is 2.35. The van der Waals surface area contributed by atoms with Crippen molar-refractivity contribution in [3.63, 3.8) is 0 Å². The Balaban J connectivity index is 1.76. The van der Waals surface area contributed by atoms with Gasteiger partial charge in [0.1, 0.15) is 5.69 Å². The smallest absolute Gasteiger partial charge is 0.293 e. The van der Waals surface area contributed by atoms with Gasteiger partial charge in [0, 0.05) is 24.7 Å². The minimum Gasteiger partial charge on any atom is -0.320 e. The zero-order valence-electron chi connectivity index (χ0n) is 14.6. The SMILES string of the molecule is Cc1cccc(N2C[C@H](C(=O)Nc3ccc(C)cc3[N+](=O)[O-])CC2=O)c1. The van der Waals surface area contributed by atoms with Crippen LogP contribution in [-0.4, -0.2) is 23.3 Å². The highest BCUT2D eigenvalue weighted by molar-refractivity contribution is 6.04. The lowest BCUT2D eigenvalue weighted by Crippen LogP contribution is -2.28. The average Bonchev–Trinajstić information content (AvgIpc) is 2.98. The molecule has 0 saturated carbocycles. The lowest BCUT2D eigenvalue weighted by atomic mass is 10.1. The second kappa shape index (κ2) is 6.95. The molecule has 0 aliphatic carbocycles. The number of anilines is 2. The standard InChI is InChI=1S/C19H19N3O4/c1-12-4-3-5-15(8-12)21-11-14(10-18(21)23)19(24)20-16-7-6-13(2)9-17(16)22(25)26/h3-9,14H,10-11H2,1-2H3,(H,20,24)/t14-/m1/s1. The van der Waals surface area contributed by atoms with Gasteiger partial charge in [-0.1, -0.05) is 18.2 Å². The van der Waals surface area contributed by atoms with Crippen molar-refractivity contribution in [2.75, 3.05) is 16.8 Å². The number of carbonyl (C=O) groups is 2. The molecule has 0 radical (unpaired) electrons. The van der Waals surface area contributed by atoms with Gasteiger partial charge in [0.15, 0.2) is 0 Å². The minimum absolute atomic E-state index is 0.0828. The van der Waals surface area contributed by atoms with Crippen LogP contribution in [0.2, 0.25) is 0 Å². The summed E-state index contributed by atoms with van der Waals surface area (Å²) in [4.78, 5) is 37.1. The highest BCUT2D eigenvalue weighted by Crippen LogP contribution is 2.29. The van der Waals surface area contributed by atoms with Gasteiger partial charge in [0.25, 0.3) is 5.69 Å². The fourth-order valence-corrected chi connectivity index (χ4v) is 3.06. The molecule has 0 spiro atoms. The van der Waals surface area contributed by atoms with E-state index < -0.39 is 10.8 Å². The lowest BCUT2D eigenvalue weighted by Gasteiger charge is -2.17. The van der Waals surface area contributed by atoms with Crippen LogP contribution in [0.25, 0.3) is 0 Å². The summed E-state index contributed by atoms with van der Waals surface area (Å²) in [6, 6.07) is 12.1. The summed E-state index contributed by atoms with van der Waals surface area (Å²) < 4.78 is 0. The van der Waals surface area contributed by atoms with Gasteiger partial charge in [-0.05, 0) is 43.2 Å². The second-order valence-corrected chi connectivity index (χ2v) is 6.51. The molecule has 1 aliphatic rings. The molecule has 7 heteroatoms. The first kappa shape index (κ1) is 17.6. The monoisotopic (exact) mass is 353 g/mol. The maximum absolute atomic E-state index is 12.6. The summed E-state index contributed by atoms with van der Waals surface area (Å²) in [5.74, 6) is -1.07. The molecular formula is C19H19N3O4.